The van der Waals surface area contributed by atoms with E-state index < -0.39 is 5.41 Å². The highest BCUT2D eigenvalue weighted by atomic mass is 15.2. The lowest BCUT2D eigenvalue weighted by molar-refractivity contribution is 0.732. The number of rotatable bonds is 7. The van der Waals surface area contributed by atoms with Crippen molar-refractivity contribution in [3.8, 4) is 33.4 Å². The molecule has 12 rings (SSSR count). The van der Waals surface area contributed by atoms with Crippen molar-refractivity contribution in [3.63, 3.8) is 0 Å². The number of para-hydroxylation sites is 2. The first-order valence-electron chi connectivity index (χ1n) is 21.6. The van der Waals surface area contributed by atoms with E-state index in [9.17, 15) is 0 Å². The molecular formula is C59H41BN2. The molecule has 290 valence electrons. The van der Waals surface area contributed by atoms with E-state index in [0.29, 0.717) is 0 Å². The fraction of sp³-hybridized carbons (Fsp3) is 0.0169. The van der Waals surface area contributed by atoms with E-state index in [1.807, 2.05) is 0 Å². The molecular weight excluding hydrogens is 747 g/mol. The van der Waals surface area contributed by atoms with Crippen LogP contribution in [0.25, 0.3) is 44.2 Å². The first kappa shape index (κ1) is 36.0. The number of hydrogen-bond donors (Lipinski definition) is 1. The summed E-state index contributed by atoms with van der Waals surface area (Å²) < 4.78 is 0. The van der Waals surface area contributed by atoms with Gasteiger partial charge in [0.2, 0.25) is 0 Å². The molecule has 0 aromatic heterocycles. The summed E-state index contributed by atoms with van der Waals surface area (Å²) in [6.07, 6.45) is 0. The van der Waals surface area contributed by atoms with Gasteiger partial charge in [-0.25, -0.2) is 0 Å². The fourth-order valence-electron chi connectivity index (χ4n) is 10.3. The monoisotopic (exact) mass is 788 g/mol. The molecule has 10 aromatic rings. The lowest BCUT2D eigenvalue weighted by Gasteiger charge is -2.49. The number of fused-ring (bicyclic) bond motifs is 5. The fourth-order valence-corrected chi connectivity index (χ4v) is 10.3. The van der Waals surface area contributed by atoms with Gasteiger partial charge in [-0.1, -0.05) is 200 Å². The molecule has 0 fully saturated rings. The quantitative estimate of drug-likeness (QED) is 0.162. The summed E-state index contributed by atoms with van der Waals surface area (Å²) in [6.45, 7) is 0. The van der Waals surface area contributed by atoms with Crippen molar-refractivity contribution in [1.82, 2.24) is 0 Å². The molecule has 10 aromatic carbocycles. The molecule has 0 saturated heterocycles. The van der Waals surface area contributed by atoms with E-state index in [0.717, 1.165) is 18.7 Å². The standard InChI is InChI=1S/C59H41BN2/c1-5-18-40(19-6-1)42-32-34-48(35-33-42)61-54-38-44-23-14-13-22-43(44)36-49(54)50-37-45(41-20-7-2-8-21-41)39-56-57(50)60-53-30-17-29-52-58(53)62(56)55-31-16-15-28-51(55)59(52,46-24-9-3-10-25-46)47-26-11-4-12-27-47/h1-39,60-61H. The Morgan fingerprint density at radius 1 is 0.387 bits per heavy atom. The topological polar surface area (TPSA) is 15.3 Å². The summed E-state index contributed by atoms with van der Waals surface area (Å²) in [5.41, 5.74) is 20.2. The molecule has 0 amide bonds. The summed E-state index contributed by atoms with van der Waals surface area (Å²) >= 11 is 0. The van der Waals surface area contributed by atoms with E-state index in [1.54, 1.807) is 0 Å². The van der Waals surface area contributed by atoms with Crippen molar-refractivity contribution in [2.24, 2.45) is 0 Å². The van der Waals surface area contributed by atoms with E-state index in [-0.39, 0.29) is 0 Å². The molecule has 2 aliphatic heterocycles. The first-order chi connectivity index (χ1) is 30.7. The minimum absolute atomic E-state index is 0.524. The van der Waals surface area contributed by atoms with Gasteiger partial charge in [-0.2, -0.15) is 0 Å². The zero-order valence-corrected chi connectivity index (χ0v) is 34.2. The number of nitrogens with zero attached hydrogens (tertiary/aromatic N) is 1. The van der Waals surface area contributed by atoms with E-state index in [1.165, 1.54) is 94.4 Å². The second kappa shape index (κ2) is 14.7. The molecule has 0 aliphatic carbocycles. The Hall–Kier alpha value is -7.88. The minimum Gasteiger partial charge on any atom is -0.355 e. The van der Waals surface area contributed by atoms with Crippen LogP contribution in [-0.4, -0.2) is 7.28 Å². The number of nitrogens with one attached hydrogen (secondary N) is 1. The zero-order chi connectivity index (χ0) is 41.0. The molecule has 0 unspecified atom stereocenters. The van der Waals surface area contributed by atoms with Crippen molar-refractivity contribution < 1.29 is 0 Å². The number of anilines is 5. The average Bonchev–Trinajstić information content (AvgIpc) is 3.35. The molecule has 2 nitrogen and oxygen atoms in total. The highest BCUT2D eigenvalue weighted by Crippen LogP contribution is 2.58. The lowest BCUT2D eigenvalue weighted by Crippen LogP contribution is -2.47. The molecule has 62 heavy (non-hydrogen) atoms. The number of hydrogen-bond acceptors (Lipinski definition) is 2. The third-order valence-corrected chi connectivity index (χ3v) is 13.1. The molecule has 0 saturated carbocycles. The summed E-state index contributed by atoms with van der Waals surface area (Å²) in [5, 5.41) is 6.33. The highest BCUT2D eigenvalue weighted by molar-refractivity contribution is 6.73. The van der Waals surface area contributed by atoms with Gasteiger partial charge in [-0.3, -0.25) is 0 Å². The Labute approximate surface area is 363 Å². The van der Waals surface area contributed by atoms with Crippen LogP contribution in [0.4, 0.5) is 28.4 Å². The van der Waals surface area contributed by atoms with Crippen LogP contribution in [0.15, 0.2) is 237 Å². The molecule has 0 atom stereocenters. The van der Waals surface area contributed by atoms with Gasteiger partial charge in [0.1, 0.15) is 0 Å². The summed E-state index contributed by atoms with van der Waals surface area (Å²) in [5.74, 6) is 0. The van der Waals surface area contributed by atoms with Crippen molar-refractivity contribution in [3.05, 3.63) is 259 Å². The average molecular weight is 789 g/mol. The number of benzene rings is 10. The molecule has 0 bridgehead atoms. The lowest BCUT2D eigenvalue weighted by atomic mass is 9.54. The SMILES string of the molecule is B1c2cccc3c2N(c2ccccc2C3(c2ccccc2)c2ccccc2)c2cc(-c3ccccc3)cc(-c3cc4ccccc4cc3Nc3ccc(-c4ccccc4)cc3)c21. The Balaban J connectivity index is 1.11. The molecule has 0 radical (unpaired) electrons. The Bertz CT molecular complexity index is 3230. The van der Waals surface area contributed by atoms with Crippen LogP contribution in [0.1, 0.15) is 22.3 Å². The third-order valence-electron chi connectivity index (χ3n) is 13.1. The van der Waals surface area contributed by atoms with Gasteiger partial charge >= 0.3 is 0 Å². The maximum absolute atomic E-state index is 3.92. The predicted octanol–water partition coefficient (Wildman–Crippen LogP) is 13.5. The molecule has 3 heteroatoms. The predicted molar refractivity (Wildman–Crippen MR) is 263 cm³/mol. The molecule has 1 N–H and O–H groups in total. The van der Waals surface area contributed by atoms with Gasteiger partial charge in [-0.15, -0.1) is 0 Å². The van der Waals surface area contributed by atoms with E-state index in [4.69, 9.17) is 0 Å². The van der Waals surface area contributed by atoms with Crippen molar-refractivity contribution in [1.29, 1.82) is 0 Å². The Kier molecular flexibility index (Phi) is 8.53. The Morgan fingerprint density at radius 3 is 1.61 bits per heavy atom. The smallest absolute Gasteiger partial charge is 0.198 e. The van der Waals surface area contributed by atoms with Gasteiger partial charge in [0.05, 0.1) is 11.1 Å². The van der Waals surface area contributed by atoms with E-state index >= 15 is 0 Å². The van der Waals surface area contributed by atoms with Crippen LogP contribution in [0.3, 0.4) is 0 Å². The van der Waals surface area contributed by atoms with Gasteiger partial charge in [0.25, 0.3) is 0 Å². The first-order valence-corrected chi connectivity index (χ1v) is 21.6. The van der Waals surface area contributed by atoms with E-state index in [2.05, 4.69) is 247 Å². The largest absolute Gasteiger partial charge is 0.355 e. The van der Waals surface area contributed by atoms with Gasteiger partial charge in [0.15, 0.2) is 7.28 Å². The third kappa shape index (κ3) is 5.74. The Morgan fingerprint density at radius 2 is 0.935 bits per heavy atom. The summed E-state index contributed by atoms with van der Waals surface area (Å²) in [6, 6.07) is 87.0. The van der Waals surface area contributed by atoms with Gasteiger partial charge < -0.3 is 10.2 Å². The molecule has 0 spiro atoms. The zero-order valence-electron chi connectivity index (χ0n) is 34.2. The van der Waals surface area contributed by atoms with Crippen LogP contribution in [0.5, 0.6) is 0 Å². The van der Waals surface area contributed by atoms with Crippen molar-refractivity contribution in [2.45, 2.75) is 5.41 Å². The van der Waals surface area contributed by atoms with Crippen LogP contribution in [-0.2, 0) is 5.41 Å². The summed E-state index contributed by atoms with van der Waals surface area (Å²) in [7, 11) is 0.791. The maximum Gasteiger partial charge on any atom is 0.198 e. The molecule has 2 heterocycles. The van der Waals surface area contributed by atoms with Crippen molar-refractivity contribution >= 4 is 57.4 Å². The summed E-state index contributed by atoms with van der Waals surface area (Å²) in [4.78, 5) is 2.59. The van der Waals surface area contributed by atoms with Crippen LogP contribution < -0.4 is 21.1 Å². The van der Waals surface area contributed by atoms with Crippen molar-refractivity contribution in [2.75, 3.05) is 10.2 Å². The second-order valence-corrected chi connectivity index (χ2v) is 16.5. The van der Waals surface area contributed by atoms with Gasteiger partial charge in [-0.05, 0) is 109 Å². The van der Waals surface area contributed by atoms with Crippen LogP contribution in [0.2, 0.25) is 0 Å². The van der Waals surface area contributed by atoms with Crippen LogP contribution >= 0.6 is 0 Å². The second-order valence-electron chi connectivity index (χ2n) is 16.5. The van der Waals surface area contributed by atoms with Crippen LogP contribution in [0, 0.1) is 0 Å². The maximum atomic E-state index is 3.92. The molecule has 2 aliphatic rings. The highest BCUT2D eigenvalue weighted by Gasteiger charge is 2.48. The normalized spacial score (nSPS) is 13.1. The van der Waals surface area contributed by atoms with Gasteiger partial charge in [0, 0.05) is 28.3 Å². The minimum atomic E-state index is -0.524.